The number of carbonyl (C=O) groups excluding carboxylic acids is 3. The van der Waals surface area contributed by atoms with Crippen LogP contribution in [0, 0.1) is 0 Å². The van der Waals surface area contributed by atoms with Crippen LogP contribution in [-0.4, -0.2) is 68.2 Å². The second-order valence-corrected chi connectivity index (χ2v) is 5.35. The normalized spacial score (nSPS) is 20.7. The number of imide groups is 1. The molecule has 0 radical (unpaired) electrons. The van der Waals surface area contributed by atoms with Crippen LogP contribution in [0.2, 0.25) is 0 Å². The van der Waals surface area contributed by atoms with E-state index in [0.717, 1.165) is 4.90 Å². The van der Waals surface area contributed by atoms with Gasteiger partial charge < -0.3 is 20.7 Å². The molecule has 0 saturated carbocycles. The number of carbonyl (C=O) groups is 3. The van der Waals surface area contributed by atoms with Crippen LogP contribution in [0.3, 0.4) is 0 Å². The summed E-state index contributed by atoms with van der Waals surface area (Å²) in [5.41, 5.74) is -0.821. The first-order valence-corrected chi connectivity index (χ1v) is 7.19. The minimum atomic E-state index is -0.821. The van der Waals surface area contributed by atoms with Gasteiger partial charge in [-0.3, -0.25) is 14.5 Å². The van der Waals surface area contributed by atoms with Gasteiger partial charge in [-0.2, -0.15) is 0 Å². The van der Waals surface area contributed by atoms with Gasteiger partial charge in [-0.25, -0.2) is 4.79 Å². The number of amides is 4. The highest BCUT2D eigenvalue weighted by molar-refractivity contribution is 6.09. The van der Waals surface area contributed by atoms with Gasteiger partial charge >= 0.3 is 6.03 Å². The molecule has 0 aliphatic carbocycles. The van der Waals surface area contributed by atoms with E-state index < -0.39 is 11.6 Å². The average Bonchev–Trinajstić information content (AvgIpc) is 2.69. The van der Waals surface area contributed by atoms with Crippen molar-refractivity contribution in [3.8, 4) is 0 Å². The van der Waals surface area contributed by atoms with Crippen LogP contribution >= 0.6 is 0 Å². The Bertz CT molecular complexity index is 420. The lowest BCUT2D eigenvalue weighted by Crippen LogP contribution is -2.54. The highest BCUT2D eigenvalue weighted by Crippen LogP contribution is 2.26. The lowest BCUT2D eigenvalue weighted by Gasteiger charge is -2.30. The second kappa shape index (κ2) is 6.86. The molecular formula is C13H22N4O4. The predicted molar refractivity (Wildman–Crippen MR) is 74.6 cm³/mol. The van der Waals surface area contributed by atoms with E-state index in [4.69, 9.17) is 4.74 Å². The SMILES string of the molecule is COCCCNC(=O)CN1C(=O)NC2(CCNCC2)C1=O. The molecular weight excluding hydrogens is 276 g/mol. The monoisotopic (exact) mass is 298 g/mol. The highest BCUT2D eigenvalue weighted by Gasteiger charge is 2.51. The van der Waals surface area contributed by atoms with E-state index >= 15 is 0 Å². The summed E-state index contributed by atoms with van der Waals surface area (Å²) in [6.45, 7) is 2.16. The maximum Gasteiger partial charge on any atom is 0.325 e. The summed E-state index contributed by atoms with van der Waals surface area (Å²) in [7, 11) is 1.59. The van der Waals surface area contributed by atoms with Gasteiger partial charge in [0.1, 0.15) is 12.1 Å². The molecule has 2 saturated heterocycles. The minimum absolute atomic E-state index is 0.229. The number of ether oxygens (including phenoxy) is 1. The topological polar surface area (TPSA) is 99.8 Å². The van der Waals surface area contributed by atoms with Crippen LogP contribution in [0.5, 0.6) is 0 Å². The smallest absolute Gasteiger partial charge is 0.325 e. The fraction of sp³-hybridized carbons (Fsp3) is 0.769. The summed E-state index contributed by atoms with van der Waals surface area (Å²) in [6.07, 6.45) is 1.81. The van der Waals surface area contributed by atoms with E-state index in [-0.39, 0.29) is 18.4 Å². The van der Waals surface area contributed by atoms with E-state index in [2.05, 4.69) is 16.0 Å². The van der Waals surface area contributed by atoms with Gasteiger partial charge in [-0.15, -0.1) is 0 Å². The summed E-state index contributed by atoms with van der Waals surface area (Å²) in [5, 5.41) is 8.57. The van der Waals surface area contributed by atoms with Gasteiger partial charge in [0, 0.05) is 20.3 Å². The van der Waals surface area contributed by atoms with Gasteiger partial charge in [0.2, 0.25) is 5.91 Å². The third kappa shape index (κ3) is 3.51. The molecule has 2 heterocycles. The fourth-order valence-electron chi connectivity index (χ4n) is 2.66. The van der Waals surface area contributed by atoms with Crippen LogP contribution in [-0.2, 0) is 14.3 Å². The molecule has 21 heavy (non-hydrogen) atoms. The molecule has 1 spiro atoms. The van der Waals surface area contributed by atoms with E-state index in [1.165, 1.54) is 0 Å². The lowest BCUT2D eigenvalue weighted by atomic mass is 9.88. The summed E-state index contributed by atoms with van der Waals surface area (Å²) >= 11 is 0. The van der Waals surface area contributed by atoms with Crippen molar-refractivity contribution in [2.24, 2.45) is 0 Å². The number of nitrogens with zero attached hydrogens (tertiary/aromatic N) is 1. The molecule has 0 aromatic heterocycles. The standard InChI is InChI=1S/C13H22N4O4/c1-21-8-2-5-15-10(18)9-17-11(19)13(16-12(17)20)3-6-14-7-4-13/h14H,2-9H2,1H3,(H,15,18)(H,16,20). The Labute approximate surface area is 123 Å². The van der Waals surface area contributed by atoms with Gasteiger partial charge in [-0.1, -0.05) is 0 Å². The summed E-state index contributed by atoms with van der Waals surface area (Å²) in [4.78, 5) is 37.2. The Morgan fingerprint density at radius 3 is 2.76 bits per heavy atom. The molecule has 2 aliphatic rings. The van der Waals surface area contributed by atoms with E-state index in [1.807, 2.05) is 0 Å². The van der Waals surface area contributed by atoms with Crippen molar-refractivity contribution < 1.29 is 19.1 Å². The Balaban J connectivity index is 1.87. The van der Waals surface area contributed by atoms with Crippen molar-refractivity contribution >= 4 is 17.8 Å². The molecule has 0 bridgehead atoms. The minimum Gasteiger partial charge on any atom is -0.385 e. The van der Waals surface area contributed by atoms with Gasteiger partial charge in [0.15, 0.2) is 0 Å². The third-order valence-electron chi connectivity index (χ3n) is 3.85. The van der Waals surface area contributed by atoms with Crippen LogP contribution in [0.15, 0.2) is 0 Å². The first-order valence-electron chi connectivity index (χ1n) is 7.19. The molecule has 2 aliphatic heterocycles. The first kappa shape index (κ1) is 15.7. The number of piperidine rings is 1. The largest absolute Gasteiger partial charge is 0.385 e. The molecule has 3 N–H and O–H groups in total. The zero-order valence-corrected chi connectivity index (χ0v) is 12.2. The van der Waals surface area contributed by atoms with Crippen molar-refractivity contribution in [2.45, 2.75) is 24.8 Å². The van der Waals surface area contributed by atoms with Crippen molar-refractivity contribution in [3.05, 3.63) is 0 Å². The quantitative estimate of drug-likeness (QED) is 0.423. The second-order valence-electron chi connectivity index (χ2n) is 5.35. The lowest BCUT2D eigenvalue weighted by molar-refractivity contribution is -0.135. The van der Waals surface area contributed by atoms with Crippen LogP contribution in [0.1, 0.15) is 19.3 Å². The van der Waals surface area contributed by atoms with E-state index in [9.17, 15) is 14.4 Å². The Morgan fingerprint density at radius 2 is 2.10 bits per heavy atom. The molecule has 0 unspecified atom stereocenters. The summed E-state index contributed by atoms with van der Waals surface area (Å²) < 4.78 is 4.88. The van der Waals surface area contributed by atoms with Crippen molar-refractivity contribution in [1.82, 2.24) is 20.9 Å². The third-order valence-corrected chi connectivity index (χ3v) is 3.85. The molecule has 4 amide bonds. The number of hydrogen-bond acceptors (Lipinski definition) is 5. The van der Waals surface area contributed by atoms with Crippen LogP contribution in [0.25, 0.3) is 0 Å². The van der Waals surface area contributed by atoms with Crippen molar-refractivity contribution in [3.63, 3.8) is 0 Å². The molecule has 0 aromatic carbocycles. The van der Waals surface area contributed by atoms with E-state index in [1.54, 1.807) is 7.11 Å². The van der Waals surface area contributed by atoms with Crippen LogP contribution in [0.4, 0.5) is 4.79 Å². The molecule has 2 fully saturated rings. The van der Waals surface area contributed by atoms with Crippen molar-refractivity contribution in [1.29, 1.82) is 0 Å². The molecule has 8 heteroatoms. The zero-order valence-electron chi connectivity index (χ0n) is 12.2. The molecule has 0 atom stereocenters. The number of hydrogen-bond donors (Lipinski definition) is 3. The molecule has 0 aromatic rings. The Hall–Kier alpha value is -1.67. The van der Waals surface area contributed by atoms with E-state index in [0.29, 0.717) is 45.5 Å². The zero-order chi connectivity index (χ0) is 15.3. The van der Waals surface area contributed by atoms with Crippen molar-refractivity contribution in [2.75, 3.05) is 39.9 Å². The highest BCUT2D eigenvalue weighted by atomic mass is 16.5. The maximum absolute atomic E-state index is 12.4. The number of nitrogens with one attached hydrogen (secondary N) is 3. The summed E-state index contributed by atoms with van der Waals surface area (Å²) in [5.74, 6) is -0.623. The van der Waals surface area contributed by atoms with Gasteiger partial charge in [-0.05, 0) is 32.4 Å². The predicted octanol–water partition coefficient (Wildman–Crippen LogP) is -1.19. The average molecular weight is 298 g/mol. The first-order chi connectivity index (χ1) is 10.1. The maximum atomic E-state index is 12.4. The van der Waals surface area contributed by atoms with Crippen LogP contribution < -0.4 is 16.0 Å². The number of urea groups is 1. The number of rotatable bonds is 6. The Morgan fingerprint density at radius 1 is 1.38 bits per heavy atom. The van der Waals surface area contributed by atoms with Gasteiger partial charge in [0.05, 0.1) is 0 Å². The van der Waals surface area contributed by atoms with Gasteiger partial charge in [0.25, 0.3) is 5.91 Å². The summed E-state index contributed by atoms with van der Waals surface area (Å²) in [6, 6.07) is -0.478. The molecule has 2 rings (SSSR count). The molecule has 118 valence electrons. The fourth-order valence-corrected chi connectivity index (χ4v) is 2.66. The number of methoxy groups -OCH3 is 1. The Kier molecular flexibility index (Phi) is 5.13. The molecule has 8 nitrogen and oxygen atoms in total.